The Morgan fingerprint density at radius 1 is 1.30 bits per heavy atom. The lowest BCUT2D eigenvalue weighted by atomic mass is 9.81. The topological polar surface area (TPSA) is 38.5 Å². The Balaban J connectivity index is 2.88. The van der Waals surface area contributed by atoms with E-state index < -0.39 is 0 Å². The SMILES string of the molecule is CCC(C)CC(CC)(CN)N(CCOC)C(C)C1CC1. The summed E-state index contributed by atoms with van der Waals surface area (Å²) in [6.07, 6.45) is 6.35. The molecule has 0 aromatic carbocycles. The molecule has 2 N–H and O–H groups in total. The minimum Gasteiger partial charge on any atom is -0.383 e. The van der Waals surface area contributed by atoms with Crippen LogP contribution in [0, 0.1) is 11.8 Å². The van der Waals surface area contributed by atoms with Crippen LogP contribution >= 0.6 is 0 Å². The molecule has 0 amide bonds. The van der Waals surface area contributed by atoms with Crippen molar-refractivity contribution in [3.8, 4) is 0 Å². The lowest BCUT2D eigenvalue weighted by molar-refractivity contribution is 0.00410. The van der Waals surface area contributed by atoms with Crippen molar-refractivity contribution in [3.63, 3.8) is 0 Å². The lowest BCUT2D eigenvalue weighted by Gasteiger charge is -2.48. The molecular formula is C17H36N2O. The minimum atomic E-state index is 0.149. The van der Waals surface area contributed by atoms with Gasteiger partial charge < -0.3 is 10.5 Å². The zero-order chi connectivity index (χ0) is 15.2. The van der Waals surface area contributed by atoms with Gasteiger partial charge in [-0.1, -0.05) is 27.2 Å². The first-order valence-corrected chi connectivity index (χ1v) is 8.50. The highest BCUT2D eigenvalue weighted by molar-refractivity contribution is 4.98. The summed E-state index contributed by atoms with van der Waals surface area (Å²) in [6.45, 7) is 11.9. The van der Waals surface area contributed by atoms with E-state index in [2.05, 4.69) is 32.6 Å². The van der Waals surface area contributed by atoms with E-state index in [1.807, 2.05) is 0 Å². The minimum absolute atomic E-state index is 0.149. The van der Waals surface area contributed by atoms with Crippen LogP contribution in [0.15, 0.2) is 0 Å². The second-order valence-electron chi connectivity index (χ2n) is 6.76. The van der Waals surface area contributed by atoms with Gasteiger partial charge in [0, 0.05) is 31.8 Å². The van der Waals surface area contributed by atoms with E-state index in [4.69, 9.17) is 10.5 Å². The Hall–Kier alpha value is -0.120. The highest BCUT2D eigenvalue weighted by Gasteiger charge is 2.42. The molecule has 3 nitrogen and oxygen atoms in total. The van der Waals surface area contributed by atoms with Crippen LogP contribution in [-0.2, 0) is 4.74 Å². The second-order valence-corrected chi connectivity index (χ2v) is 6.76. The maximum Gasteiger partial charge on any atom is 0.0590 e. The van der Waals surface area contributed by atoms with Crippen LogP contribution in [0.25, 0.3) is 0 Å². The number of hydrogen-bond acceptors (Lipinski definition) is 3. The smallest absolute Gasteiger partial charge is 0.0590 e. The van der Waals surface area contributed by atoms with Crippen LogP contribution in [0.5, 0.6) is 0 Å². The first-order valence-electron chi connectivity index (χ1n) is 8.50. The summed E-state index contributed by atoms with van der Waals surface area (Å²) in [7, 11) is 1.80. The molecule has 1 fully saturated rings. The number of nitrogens with zero attached hydrogens (tertiary/aromatic N) is 1. The number of methoxy groups -OCH3 is 1. The molecule has 120 valence electrons. The zero-order valence-corrected chi connectivity index (χ0v) is 14.3. The highest BCUT2D eigenvalue weighted by atomic mass is 16.5. The van der Waals surface area contributed by atoms with Crippen molar-refractivity contribution in [3.05, 3.63) is 0 Å². The van der Waals surface area contributed by atoms with E-state index in [1.165, 1.54) is 25.7 Å². The number of nitrogens with two attached hydrogens (primary N) is 1. The molecule has 1 rings (SSSR count). The van der Waals surface area contributed by atoms with Gasteiger partial charge in [0.15, 0.2) is 0 Å². The third-order valence-corrected chi connectivity index (χ3v) is 5.40. The van der Waals surface area contributed by atoms with E-state index in [0.717, 1.165) is 38.0 Å². The summed E-state index contributed by atoms with van der Waals surface area (Å²) < 4.78 is 5.36. The Morgan fingerprint density at radius 3 is 2.35 bits per heavy atom. The van der Waals surface area contributed by atoms with E-state index in [0.29, 0.717) is 6.04 Å². The van der Waals surface area contributed by atoms with Crippen LogP contribution in [0.1, 0.15) is 59.8 Å². The van der Waals surface area contributed by atoms with Crippen molar-refractivity contribution < 1.29 is 4.74 Å². The van der Waals surface area contributed by atoms with E-state index in [1.54, 1.807) is 7.11 Å². The maximum atomic E-state index is 6.27. The Kier molecular flexibility index (Phi) is 7.49. The molecule has 3 heteroatoms. The largest absolute Gasteiger partial charge is 0.383 e. The van der Waals surface area contributed by atoms with Gasteiger partial charge in [-0.05, 0) is 44.4 Å². The highest BCUT2D eigenvalue weighted by Crippen LogP contribution is 2.40. The first-order chi connectivity index (χ1) is 9.54. The van der Waals surface area contributed by atoms with E-state index in [9.17, 15) is 0 Å². The first kappa shape index (κ1) is 17.9. The average molecular weight is 284 g/mol. The molecule has 1 aliphatic carbocycles. The second kappa shape index (κ2) is 8.35. The van der Waals surface area contributed by atoms with Crippen LogP contribution in [0.2, 0.25) is 0 Å². The van der Waals surface area contributed by atoms with Crippen molar-refractivity contribution in [2.75, 3.05) is 26.8 Å². The molecule has 0 spiro atoms. The normalized spacial score (nSPS) is 21.8. The average Bonchev–Trinajstić information content (AvgIpc) is 3.30. The fourth-order valence-electron chi connectivity index (χ4n) is 3.50. The standard InChI is InChI=1S/C17H36N2O/c1-6-14(3)12-17(7-2,13-18)19(10-11-20-5)15(4)16-8-9-16/h14-16H,6-13,18H2,1-5H3. The van der Waals surface area contributed by atoms with Gasteiger partial charge in [-0.3, -0.25) is 4.90 Å². The van der Waals surface area contributed by atoms with E-state index >= 15 is 0 Å². The molecule has 3 atom stereocenters. The number of ether oxygens (including phenoxy) is 1. The predicted octanol–water partition coefficient (Wildman–Crippen LogP) is 3.28. The predicted molar refractivity (Wildman–Crippen MR) is 86.9 cm³/mol. The van der Waals surface area contributed by atoms with Crippen LogP contribution in [0.4, 0.5) is 0 Å². The lowest BCUT2D eigenvalue weighted by Crippen LogP contribution is -2.59. The van der Waals surface area contributed by atoms with Gasteiger partial charge in [0.25, 0.3) is 0 Å². The van der Waals surface area contributed by atoms with Crippen molar-refractivity contribution in [1.29, 1.82) is 0 Å². The summed E-state index contributed by atoms with van der Waals surface area (Å²) in [5.41, 5.74) is 6.42. The molecule has 0 heterocycles. The van der Waals surface area contributed by atoms with Crippen LogP contribution < -0.4 is 5.73 Å². The Morgan fingerprint density at radius 2 is 1.95 bits per heavy atom. The maximum absolute atomic E-state index is 6.27. The van der Waals surface area contributed by atoms with Crippen molar-refractivity contribution >= 4 is 0 Å². The summed E-state index contributed by atoms with van der Waals surface area (Å²) in [5.74, 6) is 1.61. The quantitative estimate of drug-likeness (QED) is 0.633. The van der Waals surface area contributed by atoms with E-state index in [-0.39, 0.29) is 5.54 Å². The molecule has 1 aliphatic rings. The van der Waals surface area contributed by atoms with Gasteiger partial charge in [-0.15, -0.1) is 0 Å². The van der Waals surface area contributed by atoms with Crippen molar-refractivity contribution in [1.82, 2.24) is 4.90 Å². The molecule has 0 bridgehead atoms. The summed E-state index contributed by atoms with van der Waals surface area (Å²) in [4.78, 5) is 2.68. The third-order valence-electron chi connectivity index (χ3n) is 5.40. The molecule has 0 aliphatic heterocycles. The fourth-order valence-corrected chi connectivity index (χ4v) is 3.50. The third kappa shape index (κ3) is 4.44. The fraction of sp³-hybridized carbons (Fsp3) is 1.00. The van der Waals surface area contributed by atoms with Gasteiger partial charge >= 0.3 is 0 Å². The number of hydrogen-bond donors (Lipinski definition) is 1. The van der Waals surface area contributed by atoms with Gasteiger partial charge in [0.2, 0.25) is 0 Å². The van der Waals surface area contributed by atoms with Gasteiger partial charge in [0.05, 0.1) is 6.61 Å². The summed E-state index contributed by atoms with van der Waals surface area (Å²) >= 11 is 0. The van der Waals surface area contributed by atoms with Gasteiger partial charge in [0.1, 0.15) is 0 Å². The molecule has 3 unspecified atom stereocenters. The molecule has 0 radical (unpaired) electrons. The number of rotatable bonds is 11. The molecule has 0 aromatic heterocycles. The monoisotopic (exact) mass is 284 g/mol. The van der Waals surface area contributed by atoms with Gasteiger partial charge in [-0.2, -0.15) is 0 Å². The zero-order valence-electron chi connectivity index (χ0n) is 14.3. The Bertz CT molecular complexity index is 262. The molecular weight excluding hydrogens is 248 g/mol. The van der Waals surface area contributed by atoms with Crippen molar-refractivity contribution in [2.45, 2.75) is 71.4 Å². The molecule has 20 heavy (non-hydrogen) atoms. The van der Waals surface area contributed by atoms with Gasteiger partial charge in [-0.25, -0.2) is 0 Å². The van der Waals surface area contributed by atoms with Crippen LogP contribution in [-0.4, -0.2) is 43.3 Å². The molecule has 0 aromatic rings. The molecule has 1 saturated carbocycles. The molecule has 0 saturated heterocycles. The van der Waals surface area contributed by atoms with Crippen molar-refractivity contribution in [2.24, 2.45) is 17.6 Å². The Labute approximate surface area is 126 Å². The van der Waals surface area contributed by atoms with Crippen LogP contribution in [0.3, 0.4) is 0 Å². The summed E-state index contributed by atoms with van der Waals surface area (Å²) in [6, 6.07) is 0.637. The summed E-state index contributed by atoms with van der Waals surface area (Å²) in [5, 5.41) is 0.